The molecule has 11 heteroatoms. The fourth-order valence-electron chi connectivity index (χ4n) is 4.26. The Morgan fingerprint density at radius 1 is 1.23 bits per heavy atom. The van der Waals surface area contributed by atoms with E-state index in [0.717, 1.165) is 56.4 Å². The lowest BCUT2D eigenvalue weighted by Gasteiger charge is -2.32. The molecule has 0 saturated carbocycles. The average Bonchev–Trinajstić information content (AvgIpc) is 3.51. The minimum absolute atomic E-state index is 0.132. The van der Waals surface area contributed by atoms with Crippen LogP contribution < -0.4 is 15.5 Å². The van der Waals surface area contributed by atoms with Crippen LogP contribution in [0.1, 0.15) is 42.4 Å². The van der Waals surface area contributed by atoms with Gasteiger partial charge in [-0.25, -0.2) is 19.3 Å². The summed E-state index contributed by atoms with van der Waals surface area (Å²) in [5, 5.41) is 5.22. The lowest BCUT2D eigenvalue weighted by molar-refractivity contribution is -0.115. The van der Waals surface area contributed by atoms with Crippen LogP contribution in [0.15, 0.2) is 41.6 Å². The molecule has 5 heterocycles. The van der Waals surface area contributed by atoms with Crippen LogP contribution in [0.5, 0.6) is 0 Å². The van der Waals surface area contributed by atoms with Crippen molar-refractivity contribution >= 4 is 34.9 Å². The number of aromatic nitrogens is 3. The Morgan fingerprint density at radius 3 is 2.83 bits per heavy atom. The van der Waals surface area contributed by atoms with Crippen molar-refractivity contribution in [2.45, 2.75) is 31.9 Å². The molecule has 3 aliphatic rings. The average molecular weight is 497 g/mol. The molecular formula is C24H25FN6O3S. The summed E-state index contributed by atoms with van der Waals surface area (Å²) in [5.74, 6) is 0.341. The fraction of sp³-hybridized carbons (Fsp3) is 0.375. The zero-order valence-electron chi connectivity index (χ0n) is 18.9. The summed E-state index contributed by atoms with van der Waals surface area (Å²) in [7, 11) is 0. The van der Waals surface area contributed by atoms with Crippen LogP contribution in [0.3, 0.4) is 0 Å². The summed E-state index contributed by atoms with van der Waals surface area (Å²) in [6, 6.07) is 4.85. The van der Waals surface area contributed by atoms with Gasteiger partial charge in [0.15, 0.2) is 0 Å². The lowest BCUT2D eigenvalue weighted by atomic mass is 9.97. The van der Waals surface area contributed by atoms with E-state index in [1.807, 2.05) is 6.08 Å². The number of nitrogens with zero attached hydrogens (tertiary/aromatic N) is 4. The number of piperidine rings is 1. The van der Waals surface area contributed by atoms with Gasteiger partial charge < -0.3 is 15.0 Å². The van der Waals surface area contributed by atoms with Crippen molar-refractivity contribution in [2.24, 2.45) is 5.92 Å². The second kappa shape index (κ2) is 10.5. The van der Waals surface area contributed by atoms with Crippen molar-refractivity contribution in [3.63, 3.8) is 0 Å². The molecule has 35 heavy (non-hydrogen) atoms. The molecule has 0 spiro atoms. The monoisotopic (exact) mass is 496 g/mol. The minimum atomic E-state index is -0.404. The molecule has 0 radical (unpaired) electrons. The molecule has 1 atom stereocenters. The molecule has 182 valence electrons. The number of thioether (sulfide) groups is 1. The summed E-state index contributed by atoms with van der Waals surface area (Å²) >= 11 is 0.868. The Labute approximate surface area is 206 Å². The van der Waals surface area contributed by atoms with E-state index in [4.69, 9.17) is 4.74 Å². The predicted octanol–water partition coefficient (Wildman–Crippen LogP) is 3.32. The first-order valence-corrected chi connectivity index (χ1v) is 12.4. The van der Waals surface area contributed by atoms with E-state index in [0.29, 0.717) is 34.7 Å². The summed E-state index contributed by atoms with van der Waals surface area (Å²) in [4.78, 5) is 39.0. The standard InChI is InChI=1S/C24H25FN6O3S/c25-17-3-4-18(20-2-1-11-34-20)29-19(17)14-26-13-15-6-9-31(10-7-15)23-27-8-5-16(28-23)12-21-22(32)30-24(33)35-21/h1,3-5,8,11-12,15,20,26H,2,6-7,9-10,13-14H2,(H,30,32,33)/b21-12-. The third-order valence-electron chi connectivity index (χ3n) is 6.17. The number of hydrogen-bond acceptors (Lipinski definition) is 9. The highest BCUT2D eigenvalue weighted by molar-refractivity contribution is 8.18. The van der Waals surface area contributed by atoms with Crippen LogP contribution in [0.2, 0.25) is 0 Å². The Hall–Kier alpha value is -3.31. The van der Waals surface area contributed by atoms with Crippen LogP contribution in [-0.4, -0.2) is 45.7 Å². The van der Waals surface area contributed by atoms with Crippen molar-refractivity contribution in [3.8, 4) is 0 Å². The van der Waals surface area contributed by atoms with Crippen LogP contribution >= 0.6 is 11.8 Å². The predicted molar refractivity (Wildman–Crippen MR) is 130 cm³/mol. The van der Waals surface area contributed by atoms with Gasteiger partial charge in [-0.2, -0.15) is 0 Å². The SMILES string of the molecule is O=C1NC(=O)/C(=C/c2ccnc(N3CCC(CNCc4nc(C5CC=CO5)ccc4F)CC3)n2)S1. The maximum Gasteiger partial charge on any atom is 0.290 e. The fourth-order valence-corrected chi connectivity index (χ4v) is 4.93. The highest BCUT2D eigenvalue weighted by atomic mass is 32.2. The van der Waals surface area contributed by atoms with Crippen LogP contribution in [0, 0.1) is 11.7 Å². The molecule has 9 nitrogen and oxygen atoms in total. The number of carbonyl (C=O) groups excluding carboxylic acids is 2. The maximum absolute atomic E-state index is 14.2. The van der Waals surface area contributed by atoms with Gasteiger partial charge in [0.2, 0.25) is 5.95 Å². The van der Waals surface area contributed by atoms with Gasteiger partial charge in [-0.05, 0) is 67.4 Å². The zero-order valence-corrected chi connectivity index (χ0v) is 19.8. The molecular weight excluding hydrogens is 471 g/mol. The zero-order chi connectivity index (χ0) is 24.2. The summed E-state index contributed by atoms with van der Waals surface area (Å²) in [5.41, 5.74) is 1.74. The number of nitrogens with one attached hydrogen (secondary N) is 2. The van der Waals surface area contributed by atoms with Crippen LogP contribution in [0.4, 0.5) is 15.1 Å². The minimum Gasteiger partial charge on any atom is -0.492 e. The number of halogens is 1. The number of ether oxygens (including phenoxy) is 1. The third-order valence-corrected chi connectivity index (χ3v) is 6.98. The third kappa shape index (κ3) is 5.68. The number of carbonyl (C=O) groups is 2. The molecule has 2 amide bonds. The molecule has 5 rings (SSSR count). The topological polar surface area (TPSA) is 109 Å². The smallest absolute Gasteiger partial charge is 0.290 e. The van der Waals surface area contributed by atoms with E-state index in [9.17, 15) is 14.0 Å². The van der Waals surface area contributed by atoms with Gasteiger partial charge >= 0.3 is 0 Å². The summed E-state index contributed by atoms with van der Waals surface area (Å²) in [6.07, 6.45) is 9.38. The van der Waals surface area contributed by atoms with E-state index in [1.54, 1.807) is 30.7 Å². The Morgan fingerprint density at radius 2 is 2.09 bits per heavy atom. The summed E-state index contributed by atoms with van der Waals surface area (Å²) < 4.78 is 19.7. The van der Waals surface area contributed by atoms with Crippen molar-refractivity contribution < 1.29 is 18.7 Å². The number of imide groups is 1. The first-order chi connectivity index (χ1) is 17.0. The first-order valence-electron chi connectivity index (χ1n) is 11.5. The number of pyridine rings is 1. The number of anilines is 1. The van der Waals surface area contributed by atoms with Crippen LogP contribution in [0.25, 0.3) is 6.08 Å². The molecule has 2 aromatic rings. The molecule has 0 aromatic carbocycles. The van der Waals surface area contributed by atoms with Gasteiger partial charge in [0, 0.05) is 32.3 Å². The molecule has 0 aliphatic carbocycles. The van der Waals surface area contributed by atoms with Gasteiger partial charge in [-0.3, -0.25) is 14.9 Å². The first kappa shape index (κ1) is 23.4. The van der Waals surface area contributed by atoms with Gasteiger partial charge in [0.25, 0.3) is 11.1 Å². The summed E-state index contributed by atoms with van der Waals surface area (Å²) in [6.45, 7) is 2.74. The molecule has 2 saturated heterocycles. The van der Waals surface area contributed by atoms with Crippen molar-refractivity contribution in [2.75, 3.05) is 24.5 Å². The largest absolute Gasteiger partial charge is 0.492 e. The molecule has 1 unspecified atom stereocenters. The van der Waals surface area contributed by atoms with E-state index in [2.05, 4.69) is 30.5 Å². The number of hydrogen-bond donors (Lipinski definition) is 2. The van der Waals surface area contributed by atoms with Crippen molar-refractivity contribution in [1.82, 2.24) is 25.6 Å². The number of amides is 2. The molecule has 3 aliphatic heterocycles. The molecule has 2 aromatic heterocycles. The molecule has 2 N–H and O–H groups in total. The maximum atomic E-state index is 14.2. The van der Waals surface area contributed by atoms with E-state index in [-0.39, 0.29) is 17.2 Å². The Bertz CT molecular complexity index is 1170. The number of rotatable bonds is 7. The van der Waals surface area contributed by atoms with Crippen molar-refractivity contribution in [1.29, 1.82) is 0 Å². The van der Waals surface area contributed by atoms with E-state index >= 15 is 0 Å². The van der Waals surface area contributed by atoms with E-state index < -0.39 is 5.91 Å². The second-order valence-electron chi connectivity index (χ2n) is 8.59. The molecule has 2 fully saturated rings. The Kier molecular flexibility index (Phi) is 7.05. The van der Waals surface area contributed by atoms with Gasteiger partial charge in [-0.1, -0.05) is 0 Å². The lowest BCUT2D eigenvalue weighted by Crippen LogP contribution is -2.38. The quantitative estimate of drug-likeness (QED) is 0.558. The molecule has 0 bridgehead atoms. The van der Waals surface area contributed by atoms with Crippen LogP contribution in [-0.2, 0) is 16.1 Å². The van der Waals surface area contributed by atoms with Gasteiger partial charge in [-0.15, -0.1) is 0 Å². The Balaban J connectivity index is 1.11. The van der Waals surface area contributed by atoms with Gasteiger partial charge in [0.05, 0.1) is 28.2 Å². The second-order valence-corrected chi connectivity index (χ2v) is 9.61. The normalized spacial score (nSPS) is 21.6. The van der Waals surface area contributed by atoms with E-state index in [1.165, 1.54) is 6.07 Å². The van der Waals surface area contributed by atoms with Gasteiger partial charge in [0.1, 0.15) is 11.9 Å². The highest BCUT2D eigenvalue weighted by Crippen LogP contribution is 2.27. The van der Waals surface area contributed by atoms with Crippen molar-refractivity contribution in [3.05, 3.63) is 64.5 Å². The highest BCUT2D eigenvalue weighted by Gasteiger charge is 2.26.